The van der Waals surface area contributed by atoms with E-state index in [1.54, 1.807) is 32.0 Å². The molecule has 2 atom stereocenters. The Morgan fingerprint density at radius 1 is 1.45 bits per heavy atom. The van der Waals surface area contributed by atoms with E-state index >= 15 is 0 Å². The van der Waals surface area contributed by atoms with Crippen LogP contribution in [0, 0.1) is 11.3 Å². The maximum Gasteiger partial charge on any atom is 0.251 e. The number of aliphatic hydroxyl groups is 1. The van der Waals surface area contributed by atoms with Gasteiger partial charge in [-0.15, -0.1) is 0 Å². The molecule has 7 heteroatoms. The van der Waals surface area contributed by atoms with Crippen LogP contribution in [-0.4, -0.2) is 33.6 Å². The summed E-state index contributed by atoms with van der Waals surface area (Å²) in [5.74, 6) is -0.354. The van der Waals surface area contributed by atoms with Gasteiger partial charge in [0.25, 0.3) is 5.91 Å². The van der Waals surface area contributed by atoms with Crippen molar-refractivity contribution < 1.29 is 19.4 Å². The number of fused-ring (bicyclic) bond motifs is 1. The van der Waals surface area contributed by atoms with Gasteiger partial charge in [-0.2, -0.15) is 5.26 Å². The monoisotopic (exact) mass is 301 g/mol. The van der Waals surface area contributed by atoms with Gasteiger partial charge in [0.2, 0.25) is 5.91 Å². The molecule has 7 nitrogen and oxygen atoms in total. The third-order valence-corrected chi connectivity index (χ3v) is 3.95. The van der Waals surface area contributed by atoms with E-state index in [9.17, 15) is 14.7 Å². The molecule has 2 amide bonds. The molecule has 1 saturated heterocycles. The van der Waals surface area contributed by atoms with Gasteiger partial charge in [0.05, 0.1) is 11.6 Å². The van der Waals surface area contributed by atoms with E-state index in [1.807, 2.05) is 6.07 Å². The standard InChI is InChI=1S/C15H15N3O4/c1-15(2)14(21)13(18-12(20)6-11(19)17-18)9-5-8(7-16)3-4-10(9)22-15/h3-5,13-14,21H,6H2,1-2H3,(H,17,19)/t13-,14+/m0/s1. The fraction of sp³-hybridized carbons (Fsp3) is 0.400. The minimum absolute atomic E-state index is 0.252. The van der Waals surface area contributed by atoms with Crippen LogP contribution < -0.4 is 10.2 Å². The maximum atomic E-state index is 12.0. The topological polar surface area (TPSA) is 103 Å². The third kappa shape index (κ3) is 2.09. The van der Waals surface area contributed by atoms with Gasteiger partial charge in [-0.05, 0) is 32.0 Å². The van der Waals surface area contributed by atoms with Gasteiger partial charge in [-0.1, -0.05) is 0 Å². The number of carbonyl (C=O) groups is 2. The highest BCUT2D eigenvalue weighted by Crippen LogP contribution is 2.43. The summed E-state index contributed by atoms with van der Waals surface area (Å²) in [5.41, 5.74) is 2.41. The number of hydrogen-bond acceptors (Lipinski definition) is 5. The van der Waals surface area contributed by atoms with Crippen LogP contribution in [0.4, 0.5) is 0 Å². The zero-order valence-corrected chi connectivity index (χ0v) is 12.2. The Bertz CT molecular complexity index is 707. The lowest BCUT2D eigenvalue weighted by molar-refractivity contribution is -0.145. The first-order valence-corrected chi connectivity index (χ1v) is 6.86. The van der Waals surface area contributed by atoms with Gasteiger partial charge < -0.3 is 9.84 Å². The normalized spacial score (nSPS) is 26.0. The van der Waals surface area contributed by atoms with E-state index in [2.05, 4.69) is 5.43 Å². The van der Waals surface area contributed by atoms with E-state index in [4.69, 9.17) is 10.00 Å². The van der Waals surface area contributed by atoms with Crippen molar-refractivity contribution in [2.24, 2.45) is 0 Å². The molecule has 2 aliphatic rings. The lowest BCUT2D eigenvalue weighted by Gasteiger charge is -2.44. The van der Waals surface area contributed by atoms with Gasteiger partial charge in [0, 0.05) is 5.56 Å². The number of hydrogen-bond donors (Lipinski definition) is 2. The molecule has 1 aromatic rings. The Balaban J connectivity index is 2.13. The number of carbonyl (C=O) groups excluding carboxylic acids is 2. The van der Waals surface area contributed by atoms with Crippen molar-refractivity contribution in [2.75, 3.05) is 0 Å². The number of ether oxygens (including phenoxy) is 1. The van der Waals surface area contributed by atoms with E-state index in [-0.39, 0.29) is 6.42 Å². The van der Waals surface area contributed by atoms with E-state index in [0.29, 0.717) is 16.9 Å². The van der Waals surface area contributed by atoms with Crippen molar-refractivity contribution in [1.82, 2.24) is 10.4 Å². The molecule has 1 aromatic carbocycles. The molecule has 3 rings (SSSR count). The summed E-state index contributed by atoms with van der Waals surface area (Å²) in [5, 5.41) is 20.8. The first-order chi connectivity index (χ1) is 10.3. The van der Waals surface area contributed by atoms with Crippen LogP contribution in [0.1, 0.15) is 37.4 Å². The molecule has 0 aliphatic carbocycles. The highest BCUT2D eigenvalue weighted by atomic mass is 16.5. The van der Waals surface area contributed by atoms with Crippen LogP contribution in [0.15, 0.2) is 18.2 Å². The number of aliphatic hydroxyl groups excluding tert-OH is 1. The molecule has 2 heterocycles. The summed E-state index contributed by atoms with van der Waals surface area (Å²) >= 11 is 0. The lowest BCUT2D eigenvalue weighted by atomic mass is 9.85. The molecule has 114 valence electrons. The fourth-order valence-electron chi connectivity index (χ4n) is 2.80. The van der Waals surface area contributed by atoms with E-state index < -0.39 is 29.6 Å². The zero-order chi connectivity index (χ0) is 16.1. The molecule has 0 bridgehead atoms. The van der Waals surface area contributed by atoms with Crippen molar-refractivity contribution in [1.29, 1.82) is 5.26 Å². The Labute approximate surface area is 127 Å². The fourth-order valence-corrected chi connectivity index (χ4v) is 2.80. The second-order valence-corrected chi connectivity index (χ2v) is 5.94. The quantitative estimate of drug-likeness (QED) is 0.731. The average Bonchev–Trinajstić information content (AvgIpc) is 2.78. The summed E-state index contributed by atoms with van der Waals surface area (Å²) in [6.45, 7) is 3.41. The smallest absolute Gasteiger partial charge is 0.251 e. The first-order valence-electron chi connectivity index (χ1n) is 6.86. The number of rotatable bonds is 1. The lowest BCUT2D eigenvalue weighted by Crippen LogP contribution is -2.56. The molecule has 0 spiro atoms. The van der Waals surface area contributed by atoms with Crippen LogP contribution >= 0.6 is 0 Å². The molecule has 2 aliphatic heterocycles. The van der Waals surface area contributed by atoms with Crippen molar-refractivity contribution in [3.8, 4) is 11.8 Å². The number of nitrogens with one attached hydrogen (secondary N) is 1. The molecular formula is C15H15N3O4. The Morgan fingerprint density at radius 2 is 2.18 bits per heavy atom. The summed E-state index contributed by atoms with van der Waals surface area (Å²) in [6.07, 6.45) is -1.31. The number of nitrogens with zero attached hydrogens (tertiary/aromatic N) is 2. The summed E-state index contributed by atoms with van der Waals surface area (Å²) in [6, 6.07) is 6.02. The number of nitriles is 1. The SMILES string of the molecule is CC1(C)Oc2ccc(C#N)cc2[C@H](N2NC(=O)CC2=O)[C@H]1O. The third-order valence-electron chi connectivity index (χ3n) is 3.95. The number of amides is 2. The molecule has 0 saturated carbocycles. The zero-order valence-electron chi connectivity index (χ0n) is 12.2. The molecule has 0 radical (unpaired) electrons. The predicted molar refractivity (Wildman–Crippen MR) is 74.2 cm³/mol. The second-order valence-electron chi connectivity index (χ2n) is 5.94. The number of benzene rings is 1. The van der Waals surface area contributed by atoms with Crippen LogP contribution in [0.5, 0.6) is 5.75 Å². The van der Waals surface area contributed by atoms with E-state index in [0.717, 1.165) is 5.01 Å². The largest absolute Gasteiger partial charge is 0.485 e. The molecule has 0 aromatic heterocycles. The van der Waals surface area contributed by atoms with E-state index in [1.165, 1.54) is 0 Å². The molecule has 1 fully saturated rings. The van der Waals surface area contributed by atoms with Gasteiger partial charge in [0.15, 0.2) is 0 Å². The minimum Gasteiger partial charge on any atom is -0.485 e. The van der Waals surface area contributed by atoms with Crippen molar-refractivity contribution in [2.45, 2.75) is 38.0 Å². The number of hydrazine groups is 1. The molecule has 22 heavy (non-hydrogen) atoms. The Kier molecular flexibility index (Phi) is 3.07. The van der Waals surface area contributed by atoms with Gasteiger partial charge in [0.1, 0.15) is 29.9 Å². The predicted octanol–water partition coefficient (Wildman–Crippen LogP) is 0.395. The van der Waals surface area contributed by atoms with Crippen molar-refractivity contribution in [3.63, 3.8) is 0 Å². The van der Waals surface area contributed by atoms with Gasteiger partial charge >= 0.3 is 0 Å². The molecular weight excluding hydrogens is 286 g/mol. The maximum absolute atomic E-state index is 12.0. The second kappa shape index (κ2) is 4.71. The van der Waals surface area contributed by atoms with Crippen LogP contribution in [0.2, 0.25) is 0 Å². The Morgan fingerprint density at radius 3 is 2.77 bits per heavy atom. The van der Waals surface area contributed by atoms with Crippen molar-refractivity contribution in [3.05, 3.63) is 29.3 Å². The summed E-state index contributed by atoms with van der Waals surface area (Å²) < 4.78 is 5.77. The van der Waals surface area contributed by atoms with Crippen molar-refractivity contribution >= 4 is 11.8 Å². The highest BCUT2D eigenvalue weighted by Gasteiger charge is 2.49. The van der Waals surface area contributed by atoms with Gasteiger partial charge in [-0.25, -0.2) is 5.01 Å². The summed E-state index contributed by atoms with van der Waals surface area (Å²) in [7, 11) is 0. The van der Waals surface area contributed by atoms with Crippen LogP contribution in [0.25, 0.3) is 0 Å². The van der Waals surface area contributed by atoms with Crippen LogP contribution in [0.3, 0.4) is 0 Å². The average molecular weight is 301 g/mol. The molecule has 0 unspecified atom stereocenters. The van der Waals surface area contributed by atoms with Crippen LogP contribution in [-0.2, 0) is 9.59 Å². The summed E-state index contributed by atoms with van der Waals surface area (Å²) in [4.78, 5) is 23.5. The van der Waals surface area contributed by atoms with Gasteiger partial charge in [-0.3, -0.25) is 15.0 Å². The highest BCUT2D eigenvalue weighted by molar-refractivity contribution is 6.02. The first kappa shape index (κ1) is 14.4. The minimum atomic E-state index is -1.06. The molecule has 2 N–H and O–H groups in total. The Hall–Kier alpha value is -2.59.